The molecule has 0 saturated carbocycles. The number of aliphatic hydroxyl groups excluding tert-OH is 2. The number of carbonyl (C=O) groups is 2. The largest absolute Gasteiger partial charge is 0.396 e. The Morgan fingerprint density at radius 2 is 1.75 bits per heavy atom. The molecule has 5 rings (SSSR count). The lowest BCUT2D eigenvalue weighted by Gasteiger charge is -2.34. The number of benzene rings is 2. The molecule has 2 aliphatic rings. The highest BCUT2D eigenvalue weighted by Crippen LogP contribution is 2.32. The fraction of sp³-hybridized carbons (Fsp3) is 0.429. The minimum absolute atomic E-state index is 0.0558. The molecule has 1 saturated heterocycles. The van der Waals surface area contributed by atoms with Crippen LogP contribution in [0.5, 0.6) is 0 Å². The molecular formula is C28H32FN3O4. The van der Waals surface area contributed by atoms with E-state index >= 15 is 0 Å². The number of piperidine rings is 1. The van der Waals surface area contributed by atoms with E-state index in [0.717, 1.165) is 49.2 Å². The van der Waals surface area contributed by atoms with Gasteiger partial charge >= 0.3 is 0 Å². The second kappa shape index (κ2) is 10.5. The first kappa shape index (κ1) is 24.6. The summed E-state index contributed by atoms with van der Waals surface area (Å²) in [5, 5.41) is 19.1. The summed E-state index contributed by atoms with van der Waals surface area (Å²) in [6.45, 7) is 4.12. The van der Waals surface area contributed by atoms with E-state index in [4.69, 9.17) is 5.11 Å². The van der Waals surface area contributed by atoms with Gasteiger partial charge in [0.05, 0.1) is 5.56 Å². The van der Waals surface area contributed by atoms with Crippen molar-refractivity contribution < 1.29 is 24.2 Å². The van der Waals surface area contributed by atoms with E-state index in [1.54, 1.807) is 18.2 Å². The van der Waals surface area contributed by atoms with Gasteiger partial charge in [0.15, 0.2) is 5.78 Å². The summed E-state index contributed by atoms with van der Waals surface area (Å²) < 4.78 is 16.3. The second-order valence-corrected chi connectivity index (χ2v) is 9.86. The molecule has 8 heteroatoms. The number of Topliss-reactive ketones (excluding diaryl/α,β-unsaturated/α-hetero) is 1. The van der Waals surface area contributed by atoms with Crippen molar-refractivity contribution in [2.45, 2.75) is 25.8 Å². The number of hydrogen-bond donors (Lipinski definition) is 2. The summed E-state index contributed by atoms with van der Waals surface area (Å²) in [5.41, 5.74) is 3.72. The van der Waals surface area contributed by atoms with Crippen LogP contribution in [-0.4, -0.2) is 82.2 Å². The monoisotopic (exact) mass is 493 g/mol. The Balaban J connectivity index is 1.38. The lowest BCUT2D eigenvalue weighted by atomic mass is 9.98. The molecule has 0 spiro atoms. The van der Waals surface area contributed by atoms with Crippen LogP contribution in [0.4, 0.5) is 4.39 Å². The van der Waals surface area contributed by atoms with Crippen LogP contribution in [0.25, 0.3) is 10.9 Å². The Morgan fingerprint density at radius 3 is 2.44 bits per heavy atom. The minimum Gasteiger partial charge on any atom is -0.396 e. The van der Waals surface area contributed by atoms with Crippen LogP contribution in [0.1, 0.15) is 44.8 Å². The number of likely N-dealkylation sites (tertiary alicyclic amines) is 1. The summed E-state index contributed by atoms with van der Waals surface area (Å²) >= 11 is 0. The first-order valence-electron chi connectivity index (χ1n) is 12.6. The zero-order valence-electron chi connectivity index (χ0n) is 20.3. The minimum atomic E-state index is -0.528. The second-order valence-electron chi connectivity index (χ2n) is 9.86. The van der Waals surface area contributed by atoms with Crippen LogP contribution in [0.2, 0.25) is 0 Å². The van der Waals surface area contributed by atoms with Gasteiger partial charge in [-0.25, -0.2) is 4.39 Å². The Kier molecular flexibility index (Phi) is 7.18. The smallest absolute Gasteiger partial charge is 0.256 e. The third-order valence-corrected chi connectivity index (χ3v) is 7.66. The summed E-state index contributed by atoms with van der Waals surface area (Å²) in [6, 6.07) is 11.7. The Hall–Kier alpha value is -3.07. The van der Waals surface area contributed by atoms with Gasteiger partial charge in [0.2, 0.25) is 0 Å². The predicted molar refractivity (Wildman–Crippen MR) is 135 cm³/mol. The van der Waals surface area contributed by atoms with Crippen molar-refractivity contribution in [2.24, 2.45) is 5.92 Å². The average Bonchev–Trinajstić information content (AvgIpc) is 3.21. The van der Waals surface area contributed by atoms with Gasteiger partial charge in [0, 0.05) is 61.4 Å². The van der Waals surface area contributed by atoms with Crippen molar-refractivity contribution in [3.8, 4) is 0 Å². The average molecular weight is 494 g/mol. The maximum Gasteiger partial charge on any atom is 0.256 e. The molecule has 7 nitrogen and oxygen atoms in total. The molecule has 190 valence electrons. The molecule has 0 radical (unpaired) electrons. The highest BCUT2D eigenvalue weighted by atomic mass is 19.1. The summed E-state index contributed by atoms with van der Waals surface area (Å²) in [5.74, 6) is -0.372. The van der Waals surface area contributed by atoms with Gasteiger partial charge in [-0.1, -0.05) is 24.3 Å². The Morgan fingerprint density at radius 1 is 1.00 bits per heavy atom. The third kappa shape index (κ3) is 4.81. The zero-order chi connectivity index (χ0) is 25.2. The highest BCUT2D eigenvalue weighted by Gasteiger charge is 2.31. The molecule has 0 atom stereocenters. The van der Waals surface area contributed by atoms with Crippen molar-refractivity contribution in [1.82, 2.24) is 14.4 Å². The zero-order valence-corrected chi connectivity index (χ0v) is 20.3. The van der Waals surface area contributed by atoms with Crippen LogP contribution in [0.15, 0.2) is 42.5 Å². The van der Waals surface area contributed by atoms with E-state index in [0.29, 0.717) is 48.5 Å². The number of halogens is 1. The third-order valence-electron chi connectivity index (χ3n) is 7.66. The fourth-order valence-corrected chi connectivity index (χ4v) is 5.50. The quantitative estimate of drug-likeness (QED) is 0.472. The molecule has 1 fully saturated rings. The topological polar surface area (TPSA) is 86.0 Å². The summed E-state index contributed by atoms with van der Waals surface area (Å²) in [4.78, 5) is 29.6. The summed E-state index contributed by atoms with van der Waals surface area (Å²) in [6.07, 6.45) is 2.65. The molecule has 0 aliphatic carbocycles. The van der Waals surface area contributed by atoms with E-state index in [-0.39, 0.29) is 24.1 Å². The number of aromatic nitrogens is 1. The molecule has 3 aromatic rings. The lowest BCUT2D eigenvalue weighted by Crippen LogP contribution is -2.44. The number of hydrogen-bond acceptors (Lipinski definition) is 5. The van der Waals surface area contributed by atoms with Gasteiger partial charge in [-0.2, -0.15) is 0 Å². The van der Waals surface area contributed by atoms with Crippen LogP contribution in [0, 0.1) is 11.7 Å². The van der Waals surface area contributed by atoms with Gasteiger partial charge < -0.3 is 24.6 Å². The normalized spacial score (nSPS) is 17.1. The highest BCUT2D eigenvalue weighted by molar-refractivity contribution is 6.09. The Labute approximate surface area is 209 Å². The van der Waals surface area contributed by atoms with Crippen LogP contribution >= 0.6 is 0 Å². The predicted octanol–water partition coefficient (Wildman–Crippen LogP) is 2.71. The summed E-state index contributed by atoms with van der Waals surface area (Å²) in [7, 11) is 0. The van der Waals surface area contributed by atoms with Gasteiger partial charge in [-0.15, -0.1) is 0 Å². The first-order chi connectivity index (χ1) is 17.5. The van der Waals surface area contributed by atoms with E-state index in [1.165, 1.54) is 12.1 Å². The molecular weight excluding hydrogens is 461 g/mol. The maximum absolute atomic E-state index is 14.3. The van der Waals surface area contributed by atoms with E-state index in [2.05, 4.69) is 9.47 Å². The number of ketones is 1. The van der Waals surface area contributed by atoms with Crippen LogP contribution < -0.4 is 0 Å². The molecule has 2 aliphatic heterocycles. The van der Waals surface area contributed by atoms with E-state index in [9.17, 15) is 19.1 Å². The van der Waals surface area contributed by atoms with Gasteiger partial charge in [0.1, 0.15) is 12.4 Å². The maximum atomic E-state index is 14.3. The van der Waals surface area contributed by atoms with Crippen molar-refractivity contribution in [3.05, 3.63) is 70.7 Å². The molecule has 1 aromatic heterocycles. The fourth-order valence-electron chi connectivity index (χ4n) is 5.50. The van der Waals surface area contributed by atoms with Crippen molar-refractivity contribution in [1.29, 1.82) is 0 Å². The number of fused-ring (bicyclic) bond motifs is 3. The molecule has 2 N–H and O–H groups in total. The molecule has 2 aromatic carbocycles. The van der Waals surface area contributed by atoms with Crippen molar-refractivity contribution in [2.75, 3.05) is 45.9 Å². The molecule has 0 unspecified atom stereocenters. The SMILES string of the molecule is O=C(CO)c1ccc(Cn2c3c(c4cc(F)ccc42)C(=O)N(CCN2CCC(CO)CC2)CC3)cc1. The molecule has 36 heavy (non-hydrogen) atoms. The van der Waals surface area contributed by atoms with E-state index < -0.39 is 6.61 Å². The van der Waals surface area contributed by atoms with Crippen molar-refractivity contribution in [3.63, 3.8) is 0 Å². The molecule has 1 amide bonds. The lowest BCUT2D eigenvalue weighted by molar-refractivity contribution is 0.0695. The number of aliphatic hydroxyl groups is 2. The number of rotatable bonds is 8. The van der Waals surface area contributed by atoms with Crippen molar-refractivity contribution >= 4 is 22.6 Å². The molecule has 3 heterocycles. The number of nitrogens with zero attached hydrogens (tertiary/aromatic N) is 3. The first-order valence-corrected chi connectivity index (χ1v) is 12.6. The number of amides is 1. The van der Waals surface area contributed by atoms with E-state index in [1.807, 2.05) is 17.0 Å². The number of carbonyl (C=O) groups excluding carboxylic acids is 2. The Bertz CT molecular complexity index is 1260. The van der Waals surface area contributed by atoms with Gasteiger partial charge in [-0.3, -0.25) is 9.59 Å². The van der Waals surface area contributed by atoms with Crippen LogP contribution in [0.3, 0.4) is 0 Å². The molecule has 0 bridgehead atoms. The van der Waals surface area contributed by atoms with Crippen LogP contribution in [-0.2, 0) is 13.0 Å². The standard InChI is InChI=1S/C28H32FN3O4/c29-22-5-6-24-23(15-22)27-25(32(24)16-19-1-3-21(4-2-19)26(35)18-34)9-12-31(28(27)36)14-13-30-10-7-20(17-33)8-11-30/h1-6,15,20,33-34H,7-14,16-18H2. The van der Waals surface area contributed by atoms with Gasteiger partial charge in [-0.05, 0) is 55.6 Å². The van der Waals surface area contributed by atoms with Gasteiger partial charge in [0.25, 0.3) is 5.91 Å².